The van der Waals surface area contributed by atoms with Crippen LogP contribution < -0.4 is 5.32 Å². The number of aryl methyl sites for hydroxylation is 1. The molecule has 0 aliphatic carbocycles. The van der Waals surface area contributed by atoms with Crippen LogP contribution in [0.25, 0.3) is 0 Å². The Hall–Kier alpha value is -0.940. The third kappa shape index (κ3) is 5.08. The van der Waals surface area contributed by atoms with Crippen LogP contribution in [-0.2, 0) is 13.6 Å². The van der Waals surface area contributed by atoms with Crippen LogP contribution in [0.1, 0.15) is 46.2 Å². The second kappa shape index (κ2) is 7.36. The van der Waals surface area contributed by atoms with Crippen molar-refractivity contribution in [1.82, 2.24) is 25.2 Å². The van der Waals surface area contributed by atoms with Crippen LogP contribution in [0, 0.1) is 11.8 Å². The van der Waals surface area contributed by atoms with Crippen molar-refractivity contribution in [2.24, 2.45) is 18.9 Å². The Morgan fingerprint density at radius 1 is 1.24 bits per heavy atom. The number of nitrogens with one attached hydrogen (secondary N) is 1. The molecule has 0 bridgehead atoms. The monoisotopic (exact) mass is 293 g/mol. The maximum absolute atomic E-state index is 4.26. The number of hydrogen-bond acceptors (Lipinski definition) is 4. The molecule has 1 aliphatic rings. The number of nitrogens with zero attached hydrogens (tertiary/aromatic N) is 4. The van der Waals surface area contributed by atoms with E-state index in [1.807, 2.05) is 13.2 Å². The minimum Gasteiger partial charge on any atom is -0.311 e. The van der Waals surface area contributed by atoms with E-state index in [1.165, 1.54) is 12.8 Å². The standard InChI is InChI=1S/C16H31N5/c1-12(2)6-14-10-21(11-15-9-20(5)19-18-15)16(8-17-14)7-13(3)4/h9,12-14,16-17H,6-8,10-11H2,1-5H3. The first-order chi connectivity index (χ1) is 9.94. The summed E-state index contributed by atoms with van der Waals surface area (Å²) in [5, 5.41) is 12.1. The summed E-state index contributed by atoms with van der Waals surface area (Å²) < 4.78 is 1.79. The zero-order chi connectivity index (χ0) is 15.4. The van der Waals surface area contributed by atoms with Crippen molar-refractivity contribution < 1.29 is 0 Å². The molecule has 1 N–H and O–H groups in total. The average molecular weight is 293 g/mol. The molecule has 1 saturated heterocycles. The van der Waals surface area contributed by atoms with Gasteiger partial charge in [-0.25, -0.2) is 0 Å². The number of rotatable bonds is 6. The molecule has 120 valence electrons. The Labute approximate surface area is 129 Å². The third-order valence-corrected chi connectivity index (χ3v) is 4.13. The van der Waals surface area contributed by atoms with Crippen LogP contribution in [0.4, 0.5) is 0 Å². The molecule has 21 heavy (non-hydrogen) atoms. The maximum atomic E-state index is 4.26. The van der Waals surface area contributed by atoms with E-state index in [-0.39, 0.29) is 0 Å². The van der Waals surface area contributed by atoms with Gasteiger partial charge >= 0.3 is 0 Å². The summed E-state index contributed by atoms with van der Waals surface area (Å²) in [5.74, 6) is 1.46. The van der Waals surface area contributed by atoms with Gasteiger partial charge in [-0.05, 0) is 24.7 Å². The van der Waals surface area contributed by atoms with E-state index in [4.69, 9.17) is 0 Å². The summed E-state index contributed by atoms with van der Waals surface area (Å²) in [6, 6.07) is 1.21. The van der Waals surface area contributed by atoms with E-state index in [1.54, 1.807) is 4.68 Å². The van der Waals surface area contributed by atoms with Crippen molar-refractivity contribution in [2.75, 3.05) is 13.1 Å². The van der Waals surface area contributed by atoms with Crippen LogP contribution in [0.2, 0.25) is 0 Å². The minimum atomic E-state index is 0.602. The molecule has 2 rings (SSSR count). The normalized spacial score (nSPS) is 24.1. The Morgan fingerprint density at radius 2 is 1.95 bits per heavy atom. The lowest BCUT2D eigenvalue weighted by Gasteiger charge is -2.41. The topological polar surface area (TPSA) is 46.0 Å². The molecule has 5 nitrogen and oxygen atoms in total. The van der Waals surface area contributed by atoms with Crippen LogP contribution in [0.15, 0.2) is 6.20 Å². The fraction of sp³-hybridized carbons (Fsp3) is 0.875. The van der Waals surface area contributed by atoms with Gasteiger partial charge in [-0.3, -0.25) is 9.58 Å². The van der Waals surface area contributed by atoms with E-state index in [0.717, 1.165) is 37.2 Å². The van der Waals surface area contributed by atoms with Crippen molar-refractivity contribution in [3.05, 3.63) is 11.9 Å². The molecular weight excluding hydrogens is 262 g/mol. The number of piperazine rings is 1. The van der Waals surface area contributed by atoms with Gasteiger partial charge in [0.25, 0.3) is 0 Å². The highest BCUT2D eigenvalue weighted by atomic mass is 15.4. The summed E-state index contributed by atoms with van der Waals surface area (Å²) in [7, 11) is 1.93. The van der Waals surface area contributed by atoms with Crippen molar-refractivity contribution in [2.45, 2.75) is 59.2 Å². The van der Waals surface area contributed by atoms with Gasteiger partial charge in [0.1, 0.15) is 0 Å². The van der Waals surface area contributed by atoms with Gasteiger partial charge in [0.05, 0.1) is 5.69 Å². The van der Waals surface area contributed by atoms with Crippen molar-refractivity contribution in [1.29, 1.82) is 0 Å². The largest absolute Gasteiger partial charge is 0.311 e. The molecular formula is C16H31N5. The third-order valence-electron chi connectivity index (χ3n) is 4.13. The summed E-state index contributed by atoms with van der Waals surface area (Å²) in [6.07, 6.45) is 4.51. The molecule has 1 aromatic heterocycles. The molecule has 0 aromatic carbocycles. The van der Waals surface area contributed by atoms with Gasteiger partial charge in [-0.2, -0.15) is 0 Å². The van der Waals surface area contributed by atoms with Gasteiger partial charge in [-0.15, -0.1) is 5.10 Å². The average Bonchev–Trinajstić information content (AvgIpc) is 2.77. The number of hydrogen-bond donors (Lipinski definition) is 1. The van der Waals surface area contributed by atoms with Crippen LogP contribution in [0.5, 0.6) is 0 Å². The smallest absolute Gasteiger partial charge is 0.0967 e. The van der Waals surface area contributed by atoms with Crippen LogP contribution in [0.3, 0.4) is 0 Å². The van der Waals surface area contributed by atoms with Crippen molar-refractivity contribution in [3.63, 3.8) is 0 Å². The first kappa shape index (κ1) is 16.4. The highest BCUT2D eigenvalue weighted by Crippen LogP contribution is 2.20. The Kier molecular flexibility index (Phi) is 5.76. The molecule has 1 aliphatic heterocycles. The molecule has 0 spiro atoms. The molecule has 2 atom stereocenters. The second-order valence-electron chi connectivity index (χ2n) is 7.33. The zero-order valence-electron chi connectivity index (χ0n) is 14.2. The second-order valence-corrected chi connectivity index (χ2v) is 7.33. The first-order valence-electron chi connectivity index (χ1n) is 8.26. The molecule has 5 heteroatoms. The predicted molar refractivity (Wildman–Crippen MR) is 85.9 cm³/mol. The molecule has 0 radical (unpaired) electrons. The lowest BCUT2D eigenvalue weighted by Crippen LogP contribution is -2.56. The number of aromatic nitrogens is 3. The highest BCUT2D eigenvalue weighted by Gasteiger charge is 2.29. The molecule has 1 aromatic rings. The molecule has 0 saturated carbocycles. The summed E-state index contributed by atoms with van der Waals surface area (Å²) >= 11 is 0. The van der Waals surface area contributed by atoms with E-state index < -0.39 is 0 Å². The van der Waals surface area contributed by atoms with E-state index in [2.05, 4.69) is 48.2 Å². The lowest BCUT2D eigenvalue weighted by molar-refractivity contribution is 0.0984. The molecule has 1 fully saturated rings. The van der Waals surface area contributed by atoms with Crippen LogP contribution in [-0.4, -0.2) is 45.1 Å². The van der Waals surface area contributed by atoms with Gasteiger partial charge in [0.15, 0.2) is 0 Å². The van der Waals surface area contributed by atoms with E-state index in [9.17, 15) is 0 Å². The van der Waals surface area contributed by atoms with E-state index >= 15 is 0 Å². The Morgan fingerprint density at radius 3 is 2.52 bits per heavy atom. The SMILES string of the molecule is CC(C)CC1CN(Cc2cn(C)nn2)C(CC(C)C)CN1. The van der Waals surface area contributed by atoms with Gasteiger partial charge in [0.2, 0.25) is 0 Å². The summed E-state index contributed by atoms with van der Waals surface area (Å²) in [5.41, 5.74) is 1.08. The van der Waals surface area contributed by atoms with Crippen molar-refractivity contribution >= 4 is 0 Å². The highest BCUT2D eigenvalue weighted by molar-refractivity contribution is 4.96. The first-order valence-corrected chi connectivity index (χ1v) is 8.26. The molecule has 2 heterocycles. The van der Waals surface area contributed by atoms with Crippen LogP contribution >= 0.6 is 0 Å². The maximum Gasteiger partial charge on any atom is 0.0967 e. The van der Waals surface area contributed by atoms with Gasteiger partial charge < -0.3 is 5.32 Å². The summed E-state index contributed by atoms with van der Waals surface area (Å²) in [6.45, 7) is 12.3. The fourth-order valence-corrected chi connectivity index (χ4v) is 3.30. The molecule has 0 amide bonds. The Balaban J connectivity index is 2.01. The van der Waals surface area contributed by atoms with Gasteiger partial charge in [0, 0.05) is 45.0 Å². The summed E-state index contributed by atoms with van der Waals surface area (Å²) in [4.78, 5) is 2.60. The quantitative estimate of drug-likeness (QED) is 0.872. The fourth-order valence-electron chi connectivity index (χ4n) is 3.30. The zero-order valence-corrected chi connectivity index (χ0v) is 14.2. The minimum absolute atomic E-state index is 0.602. The van der Waals surface area contributed by atoms with E-state index in [0.29, 0.717) is 12.1 Å². The lowest BCUT2D eigenvalue weighted by atomic mass is 9.95. The Bertz CT molecular complexity index is 426. The molecule has 2 unspecified atom stereocenters. The predicted octanol–water partition coefficient (Wildman–Crippen LogP) is 2.05. The van der Waals surface area contributed by atoms with Gasteiger partial charge in [-0.1, -0.05) is 32.9 Å². The van der Waals surface area contributed by atoms with Crippen molar-refractivity contribution in [3.8, 4) is 0 Å².